The van der Waals surface area contributed by atoms with Crippen molar-refractivity contribution in [2.75, 3.05) is 0 Å². The van der Waals surface area contributed by atoms with Gasteiger partial charge in [-0.3, -0.25) is 4.79 Å². The Hall–Kier alpha value is -0.330. The Kier molecular flexibility index (Phi) is 2.69. The Bertz CT molecular complexity index is 151. The molecule has 1 rings (SSSR count). The Balaban J connectivity index is 2.58. The van der Waals surface area contributed by atoms with Gasteiger partial charge in [0.05, 0.1) is 0 Å². The minimum absolute atomic E-state index is 0.315. The SMILES string of the molecule is CC1CC(=O)C(C)CC(C)C1. The lowest BCUT2D eigenvalue weighted by Gasteiger charge is -2.10. The van der Waals surface area contributed by atoms with Crippen molar-refractivity contribution in [3.05, 3.63) is 0 Å². The lowest BCUT2D eigenvalue weighted by atomic mass is 9.95. The van der Waals surface area contributed by atoms with Crippen molar-refractivity contribution in [2.45, 2.75) is 40.0 Å². The van der Waals surface area contributed by atoms with E-state index in [9.17, 15) is 4.79 Å². The summed E-state index contributed by atoms with van der Waals surface area (Å²) in [5, 5.41) is 0. The minimum Gasteiger partial charge on any atom is -0.299 e. The van der Waals surface area contributed by atoms with Crippen LogP contribution in [-0.2, 0) is 4.79 Å². The van der Waals surface area contributed by atoms with Crippen molar-refractivity contribution in [3.8, 4) is 0 Å². The van der Waals surface area contributed by atoms with Gasteiger partial charge < -0.3 is 0 Å². The highest BCUT2D eigenvalue weighted by atomic mass is 16.1. The summed E-state index contributed by atoms with van der Waals surface area (Å²) in [6.07, 6.45) is 3.14. The van der Waals surface area contributed by atoms with Gasteiger partial charge in [0.15, 0.2) is 0 Å². The van der Waals surface area contributed by atoms with E-state index in [2.05, 4.69) is 20.8 Å². The summed E-state index contributed by atoms with van der Waals surface area (Å²) in [5.74, 6) is 2.14. The second-order valence-corrected chi connectivity index (χ2v) is 4.25. The Morgan fingerprint density at radius 2 is 1.73 bits per heavy atom. The van der Waals surface area contributed by atoms with Gasteiger partial charge in [0.2, 0.25) is 0 Å². The van der Waals surface area contributed by atoms with E-state index in [0.717, 1.165) is 18.8 Å². The molecule has 1 aliphatic carbocycles. The molecule has 0 aromatic rings. The van der Waals surface area contributed by atoms with Crippen molar-refractivity contribution >= 4 is 5.78 Å². The van der Waals surface area contributed by atoms with Crippen LogP contribution in [0, 0.1) is 17.8 Å². The fraction of sp³-hybridized carbons (Fsp3) is 0.900. The van der Waals surface area contributed by atoms with E-state index >= 15 is 0 Å². The van der Waals surface area contributed by atoms with Crippen molar-refractivity contribution < 1.29 is 4.79 Å². The third-order valence-corrected chi connectivity index (χ3v) is 2.66. The first-order valence-corrected chi connectivity index (χ1v) is 4.62. The molecule has 1 heteroatoms. The zero-order chi connectivity index (χ0) is 8.43. The predicted octanol–water partition coefficient (Wildman–Crippen LogP) is 2.65. The van der Waals surface area contributed by atoms with Crippen LogP contribution < -0.4 is 0 Å². The van der Waals surface area contributed by atoms with E-state index < -0.39 is 0 Å². The molecule has 1 fully saturated rings. The largest absolute Gasteiger partial charge is 0.299 e. The third-order valence-electron chi connectivity index (χ3n) is 2.66. The molecular formula is C10H18O. The van der Waals surface area contributed by atoms with Crippen LogP contribution in [0.15, 0.2) is 0 Å². The van der Waals surface area contributed by atoms with Crippen LogP contribution in [-0.4, -0.2) is 5.78 Å². The van der Waals surface area contributed by atoms with Crippen LogP contribution in [0.1, 0.15) is 40.0 Å². The fourth-order valence-electron chi connectivity index (χ4n) is 2.15. The van der Waals surface area contributed by atoms with Gasteiger partial charge in [-0.15, -0.1) is 0 Å². The first kappa shape index (κ1) is 8.76. The summed E-state index contributed by atoms with van der Waals surface area (Å²) in [6.45, 7) is 6.51. The molecule has 64 valence electrons. The van der Waals surface area contributed by atoms with Gasteiger partial charge in [0.1, 0.15) is 5.78 Å². The number of ketones is 1. The molecule has 0 aromatic carbocycles. The molecule has 0 saturated heterocycles. The Labute approximate surface area is 69.2 Å². The van der Waals surface area contributed by atoms with Gasteiger partial charge in [0, 0.05) is 12.3 Å². The number of Topliss-reactive ketones (excluding diaryl/α,β-unsaturated/α-hetero) is 1. The van der Waals surface area contributed by atoms with E-state index in [0.29, 0.717) is 17.6 Å². The number of carbonyl (C=O) groups is 1. The van der Waals surface area contributed by atoms with Crippen LogP contribution in [0.3, 0.4) is 0 Å². The molecular weight excluding hydrogens is 136 g/mol. The molecule has 0 bridgehead atoms. The monoisotopic (exact) mass is 154 g/mol. The third kappa shape index (κ3) is 2.32. The molecule has 3 atom stereocenters. The maximum absolute atomic E-state index is 11.4. The lowest BCUT2D eigenvalue weighted by Crippen LogP contribution is -2.10. The Morgan fingerprint density at radius 3 is 2.36 bits per heavy atom. The number of hydrogen-bond donors (Lipinski definition) is 0. The van der Waals surface area contributed by atoms with Crippen LogP contribution in [0.2, 0.25) is 0 Å². The number of hydrogen-bond acceptors (Lipinski definition) is 1. The summed E-state index contributed by atoms with van der Waals surface area (Å²) in [5.41, 5.74) is 0. The maximum Gasteiger partial charge on any atom is 0.135 e. The molecule has 0 aromatic heterocycles. The first-order chi connectivity index (χ1) is 5.09. The first-order valence-electron chi connectivity index (χ1n) is 4.62. The summed E-state index contributed by atoms with van der Waals surface area (Å²) in [6, 6.07) is 0. The molecule has 0 aliphatic heterocycles. The standard InChI is InChI=1S/C10H18O/c1-7-4-8(2)6-10(11)9(3)5-7/h7-9H,4-6H2,1-3H3. The molecule has 0 amide bonds. The van der Waals surface area contributed by atoms with Gasteiger partial charge in [-0.05, 0) is 24.7 Å². The second kappa shape index (κ2) is 3.38. The molecule has 1 nitrogen and oxygen atoms in total. The zero-order valence-electron chi connectivity index (χ0n) is 7.76. The maximum atomic E-state index is 11.4. The molecule has 0 heterocycles. The summed E-state index contributed by atoms with van der Waals surface area (Å²) >= 11 is 0. The van der Waals surface area contributed by atoms with Crippen molar-refractivity contribution in [1.82, 2.24) is 0 Å². The summed E-state index contributed by atoms with van der Waals surface area (Å²) in [4.78, 5) is 11.4. The molecule has 3 unspecified atom stereocenters. The van der Waals surface area contributed by atoms with Gasteiger partial charge in [0.25, 0.3) is 0 Å². The normalized spacial score (nSPS) is 40.3. The smallest absolute Gasteiger partial charge is 0.135 e. The van der Waals surface area contributed by atoms with Crippen LogP contribution >= 0.6 is 0 Å². The molecule has 11 heavy (non-hydrogen) atoms. The van der Waals surface area contributed by atoms with E-state index in [1.165, 1.54) is 6.42 Å². The van der Waals surface area contributed by atoms with Gasteiger partial charge in [-0.2, -0.15) is 0 Å². The highest BCUT2D eigenvalue weighted by molar-refractivity contribution is 5.81. The molecule has 0 N–H and O–H groups in total. The molecule has 0 radical (unpaired) electrons. The highest BCUT2D eigenvalue weighted by Crippen LogP contribution is 2.28. The summed E-state index contributed by atoms with van der Waals surface area (Å²) < 4.78 is 0. The van der Waals surface area contributed by atoms with Crippen LogP contribution in [0.25, 0.3) is 0 Å². The predicted molar refractivity (Wildman–Crippen MR) is 46.4 cm³/mol. The minimum atomic E-state index is 0.315. The van der Waals surface area contributed by atoms with Gasteiger partial charge in [-0.1, -0.05) is 20.8 Å². The molecule has 1 aliphatic rings. The summed E-state index contributed by atoms with van der Waals surface area (Å²) in [7, 11) is 0. The molecule has 1 saturated carbocycles. The average Bonchev–Trinajstić information content (AvgIpc) is 1.93. The Morgan fingerprint density at radius 1 is 1.09 bits per heavy atom. The van der Waals surface area contributed by atoms with Crippen molar-refractivity contribution in [2.24, 2.45) is 17.8 Å². The zero-order valence-corrected chi connectivity index (χ0v) is 7.76. The topological polar surface area (TPSA) is 17.1 Å². The van der Waals surface area contributed by atoms with Crippen LogP contribution in [0.4, 0.5) is 0 Å². The lowest BCUT2D eigenvalue weighted by molar-refractivity contribution is -0.122. The van der Waals surface area contributed by atoms with E-state index in [1.54, 1.807) is 0 Å². The average molecular weight is 154 g/mol. The van der Waals surface area contributed by atoms with Gasteiger partial charge >= 0.3 is 0 Å². The van der Waals surface area contributed by atoms with Crippen molar-refractivity contribution in [3.63, 3.8) is 0 Å². The second-order valence-electron chi connectivity index (χ2n) is 4.25. The van der Waals surface area contributed by atoms with Crippen molar-refractivity contribution in [1.29, 1.82) is 0 Å². The van der Waals surface area contributed by atoms with Crippen LogP contribution in [0.5, 0.6) is 0 Å². The highest BCUT2D eigenvalue weighted by Gasteiger charge is 2.24. The van der Waals surface area contributed by atoms with E-state index in [1.807, 2.05) is 0 Å². The molecule has 0 spiro atoms. The fourth-order valence-corrected chi connectivity index (χ4v) is 2.15. The number of rotatable bonds is 0. The van der Waals surface area contributed by atoms with E-state index in [-0.39, 0.29) is 0 Å². The number of carbonyl (C=O) groups excluding carboxylic acids is 1. The van der Waals surface area contributed by atoms with Gasteiger partial charge in [-0.25, -0.2) is 0 Å². The van der Waals surface area contributed by atoms with E-state index in [4.69, 9.17) is 0 Å². The quantitative estimate of drug-likeness (QED) is 0.490.